The Morgan fingerprint density at radius 2 is 1.86 bits per heavy atom. The van der Waals surface area contributed by atoms with Crippen LogP contribution in [0.2, 0.25) is 0 Å². The summed E-state index contributed by atoms with van der Waals surface area (Å²) in [7, 11) is 0. The second-order valence-electron chi connectivity index (χ2n) is 2.12. The standard InChI is InChI=1S/C8H8O3S.C2H6/c9-8(11-12)10-6-7-4-2-1-3-5-7;1-2/h1-5,12H,6H2;1-2H3. The van der Waals surface area contributed by atoms with Crippen molar-refractivity contribution in [2.75, 3.05) is 0 Å². The van der Waals surface area contributed by atoms with Gasteiger partial charge in [-0.3, -0.25) is 0 Å². The highest BCUT2D eigenvalue weighted by atomic mass is 32.1. The molecule has 14 heavy (non-hydrogen) atoms. The van der Waals surface area contributed by atoms with Crippen LogP contribution in [0, 0.1) is 0 Å². The first-order chi connectivity index (χ1) is 6.83. The molecule has 0 fully saturated rings. The van der Waals surface area contributed by atoms with E-state index in [0.717, 1.165) is 5.56 Å². The Morgan fingerprint density at radius 1 is 1.29 bits per heavy atom. The molecule has 0 aliphatic heterocycles. The Labute approximate surface area is 89.6 Å². The van der Waals surface area contributed by atoms with Gasteiger partial charge in [-0.25, -0.2) is 4.79 Å². The zero-order valence-electron chi connectivity index (χ0n) is 8.27. The van der Waals surface area contributed by atoms with E-state index in [1.165, 1.54) is 0 Å². The minimum Gasteiger partial charge on any atom is -0.429 e. The number of thiol groups is 1. The van der Waals surface area contributed by atoms with Gasteiger partial charge in [-0.1, -0.05) is 44.2 Å². The van der Waals surface area contributed by atoms with E-state index in [-0.39, 0.29) is 6.61 Å². The van der Waals surface area contributed by atoms with Crippen LogP contribution < -0.4 is 0 Å². The van der Waals surface area contributed by atoms with Crippen LogP contribution in [-0.2, 0) is 15.5 Å². The van der Waals surface area contributed by atoms with E-state index < -0.39 is 6.16 Å². The van der Waals surface area contributed by atoms with Crippen LogP contribution in [0.4, 0.5) is 4.79 Å². The molecule has 0 radical (unpaired) electrons. The van der Waals surface area contributed by atoms with Crippen molar-refractivity contribution in [2.45, 2.75) is 20.5 Å². The van der Waals surface area contributed by atoms with Crippen molar-refractivity contribution in [1.82, 2.24) is 0 Å². The summed E-state index contributed by atoms with van der Waals surface area (Å²) in [5.74, 6) is 0. The Kier molecular flexibility index (Phi) is 7.74. The van der Waals surface area contributed by atoms with Crippen molar-refractivity contribution in [3.63, 3.8) is 0 Å². The SMILES string of the molecule is CC.O=C(OS)OCc1ccccc1. The molecule has 1 aromatic rings. The normalized spacial score (nSPS) is 8.21. The summed E-state index contributed by atoms with van der Waals surface area (Å²) in [5, 5.41) is 0. The lowest BCUT2D eigenvalue weighted by atomic mass is 10.2. The molecule has 0 amide bonds. The fourth-order valence-corrected chi connectivity index (χ4v) is 0.796. The van der Waals surface area contributed by atoms with E-state index in [9.17, 15) is 4.79 Å². The highest BCUT2D eigenvalue weighted by molar-refractivity contribution is 7.75. The molecule has 0 saturated heterocycles. The van der Waals surface area contributed by atoms with Crippen LogP contribution in [0.3, 0.4) is 0 Å². The number of rotatable bonds is 2. The van der Waals surface area contributed by atoms with E-state index in [4.69, 9.17) is 0 Å². The molecular weight excluding hydrogens is 200 g/mol. The third-order valence-corrected chi connectivity index (χ3v) is 1.42. The van der Waals surface area contributed by atoms with Gasteiger partial charge >= 0.3 is 6.16 Å². The first-order valence-electron chi connectivity index (χ1n) is 4.35. The smallest absolute Gasteiger partial charge is 0.429 e. The molecule has 1 aromatic carbocycles. The Balaban J connectivity index is 0.000000791. The second kappa shape index (κ2) is 8.44. The highest BCUT2D eigenvalue weighted by Gasteiger charge is 2.00. The second-order valence-corrected chi connectivity index (χ2v) is 2.30. The molecule has 0 aromatic heterocycles. The first kappa shape index (κ1) is 12.8. The third kappa shape index (κ3) is 5.48. The highest BCUT2D eigenvalue weighted by Crippen LogP contribution is 2.01. The van der Waals surface area contributed by atoms with E-state index in [1.54, 1.807) is 0 Å². The van der Waals surface area contributed by atoms with Crippen molar-refractivity contribution < 1.29 is 13.7 Å². The fraction of sp³-hybridized carbons (Fsp3) is 0.300. The maximum Gasteiger partial charge on any atom is 0.520 e. The maximum absolute atomic E-state index is 10.5. The van der Waals surface area contributed by atoms with E-state index in [0.29, 0.717) is 0 Å². The minimum atomic E-state index is -0.790. The molecule has 0 spiro atoms. The lowest BCUT2D eigenvalue weighted by Gasteiger charge is -2.00. The summed E-state index contributed by atoms with van der Waals surface area (Å²) >= 11 is 3.29. The van der Waals surface area contributed by atoms with E-state index in [1.807, 2.05) is 44.2 Å². The summed E-state index contributed by atoms with van der Waals surface area (Å²) in [6.07, 6.45) is -0.790. The lowest BCUT2D eigenvalue weighted by Crippen LogP contribution is -2.01. The average Bonchev–Trinajstić information content (AvgIpc) is 2.30. The molecular formula is C10H14O3S. The third-order valence-electron chi connectivity index (χ3n) is 1.27. The molecule has 0 aliphatic carbocycles. The summed E-state index contributed by atoms with van der Waals surface area (Å²) in [6, 6.07) is 9.33. The number of ether oxygens (including phenoxy) is 1. The van der Waals surface area contributed by atoms with E-state index in [2.05, 4.69) is 21.8 Å². The van der Waals surface area contributed by atoms with Crippen molar-refractivity contribution in [3.05, 3.63) is 35.9 Å². The van der Waals surface area contributed by atoms with Gasteiger partial charge in [0.05, 0.1) is 0 Å². The zero-order valence-corrected chi connectivity index (χ0v) is 9.16. The van der Waals surface area contributed by atoms with Gasteiger partial charge in [0, 0.05) is 12.9 Å². The molecule has 0 aliphatic rings. The molecule has 1 rings (SSSR count). The van der Waals surface area contributed by atoms with Gasteiger partial charge in [-0.15, -0.1) is 0 Å². The van der Waals surface area contributed by atoms with Crippen LogP contribution in [0.1, 0.15) is 19.4 Å². The summed E-state index contributed by atoms with van der Waals surface area (Å²) in [6.45, 7) is 4.21. The van der Waals surface area contributed by atoms with Crippen LogP contribution in [-0.4, -0.2) is 6.16 Å². The number of hydrogen-bond acceptors (Lipinski definition) is 4. The van der Waals surface area contributed by atoms with Crippen molar-refractivity contribution in [2.24, 2.45) is 0 Å². The molecule has 0 heterocycles. The topological polar surface area (TPSA) is 35.5 Å². The molecule has 0 atom stereocenters. The number of carbonyl (C=O) groups is 1. The predicted octanol–water partition coefficient (Wildman–Crippen LogP) is 3.21. The molecule has 3 nitrogen and oxygen atoms in total. The molecule has 0 unspecified atom stereocenters. The van der Waals surface area contributed by atoms with E-state index >= 15 is 0 Å². The minimum absolute atomic E-state index is 0.209. The molecule has 0 N–H and O–H groups in total. The molecule has 0 bridgehead atoms. The first-order valence-corrected chi connectivity index (χ1v) is 4.71. The predicted molar refractivity (Wildman–Crippen MR) is 58.0 cm³/mol. The Morgan fingerprint density at radius 3 is 2.36 bits per heavy atom. The largest absolute Gasteiger partial charge is 0.520 e. The van der Waals surface area contributed by atoms with Gasteiger partial charge in [-0.2, -0.15) is 0 Å². The zero-order chi connectivity index (χ0) is 10.8. The maximum atomic E-state index is 10.5. The lowest BCUT2D eigenvalue weighted by molar-refractivity contribution is 0.101. The fourth-order valence-electron chi connectivity index (χ4n) is 0.743. The number of benzene rings is 1. The van der Waals surface area contributed by atoms with Crippen LogP contribution in [0.5, 0.6) is 0 Å². The van der Waals surface area contributed by atoms with Crippen LogP contribution in [0.15, 0.2) is 30.3 Å². The quantitative estimate of drug-likeness (QED) is 0.466. The summed E-state index contributed by atoms with van der Waals surface area (Å²) < 4.78 is 8.64. The van der Waals surface area contributed by atoms with Crippen molar-refractivity contribution in [1.29, 1.82) is 0 Å². The van der Waals surface area contributed by atoms with Gasteiger partial charge in [-0.05, 0) is 5.56 Å². The number of hydrogen-bond donors (Lipinski definition) is 1. The van der Waals surface area contributed by atoms with Gasteiger partial charge in [0.25, 0.3) is 0 Å². The summed E-state index contributed by atoms with van der Waals surface area (Å²) in [4.78, 5) is 10.5. The molecule has 4 heteroatoms. The van der Waals surface area contributed by atoms with Gasteiger partial charge in [0.1, 0.15) is 6.61 Å². The van der Waals surface area contributed by atoms with Crippen molar-refractivity contribution in [3.8, 4) is 0 Å². The van der Waals surface area contributed by atoms with Gasteiger partial charge in [0.15, 0.2) is 0 Å². The Bertz CT molecular complexity index is 249. The monoisotopic (exact) mass is 214 g/mol. The molecule has 78 valence electrons. The Hall–Kier alpha value is -1.16. The molecule has 0 saturated carbocycles. The van der Waals surface area contributed by atoms with Crippen molar-refractivity contribution >= 4 is 19.1 Å². The number of carbonyl (C=O) groups excluding carboxylic acids is 1. The van der Waals surface area contributed by atoms with Crippen LogP contribution in [0.25, 0.3) is 0 Å². The van der Waals surface area contributed by atoms with Gasteiger partial charge in [0.2, 0.25) is 0 Å². The van der Waals surface area contributed by atoms with Gasteiger partial charge < -0.3 is 8.92 Å². The average molecular weight is 214 g/mol. The van der Waals surface area contributed by atoms with Crippen LogP contribution >= 0.6 is 12.9 Å². The summed E-state index contributed by atoms with van der Waals surface area (Å²) in [5.41, 5.74) is 0.913.